The first-order valence-corrected chi connectivity index (χ1v) is 7.89. The summed E-state index contributed by atoms with van der Waals surface area (Å²) >= 11 is 6.02. The number of benzene rings is 1. The summed E-state index contributed by atoms with van der Waals surface area (Å²) in [6.45, 7) is 6.83. The van der Waals surface area contributed by atoms with Crippen molar-refractivity contribution < 1.29 is 9.53 Å². The molecule has 2 N–H and O–H groups in total. The Bertz CT molecular complexity index is 677. The predicted octanol–water partition coefficient (Wildman–Crippen LogP) is 2.19. The van der Waals surface area contributed by atoms with Gasteiger partial charge in [0.25, 0.3) is 5.91 Å². The molecule has 1 fully saturated rings. The Morgan fingerprint density at radius 1 is 1.41 bits per heavy atom. The number of rotatable bonds is 4. The minimum Gasteiger partial charge on any atom is -0.379 e. The number of aromatic nitrogens is 1. The SMILES string of the molecule is Cc1c(C(=O)NCCN2CCOCC2)[nH]c2ccc(Cl)cc12. The third-order valence-electron chi connectivity index (χ3n) is 4.06. The van der Waals surface area contributed by atoms with E-state index in [1.165, 1.54) is 0 Å². The van der Waals surface area contributed by atoms with E-state index in [1.54, 1.807) is 0 Å². The van der Waals surface area contributed by atoms with E-state index in [9.17, 15) is 4.79 Å². The molecule has 22 heavy (non-hydrogen) atoms. The lowest BCUT2D eigenvalue weighted by Crippen LogP contribution is -2.41. The number of fused-ring (bicyclic) bond motifs is 1. The zero-order chi connectivity index (χ0) is 15.5. The molecule has 1 amide bonds. The molecule has 5 nitrogen and oxygen atoms in total. The van der Waals surface area contributed by atoms with Gasteiger partial charge in [0.05, 0.1) is 13.2 Å². The summed E-state index contributed by atoms with van der Waals surface area (Å²) in [7, 11) is 0. The maximum Gasteiger partial charge on any atom is 0.268 e. The van der Waals surface area contributed by atoms with Crippen LogP contribution in [0.2, 0.25) is 5.02 Å². The van der Waals surface area contributed by atoms with Crippen LogP contribution < -0.4 is 5.32 Å². The quantitative estimate of drug-likeness (QED) is 0.907. The molecule has 0 atom stereocenters. The van der Waals surface area contributed by atoms with Crippen LogP contribution in [0.4, 0.5) is 0 Å². The molecular formula is C16H20ClN3O2. The molecule has 2 aromatic rings. The van der Waals surface area contributed by atoms with Gasteiger partial charge in [-0.25, -0.2) is 0 Å². The number of ether oxygens (including phenoxy) is 1. The highest BCUT2D eigenvalue weighted by molar-refractivity contribution is 6.31. The van der Waals surface area contributed by atoms with Crippen molar-refractivity contribution >= 4 is 28.4 Å². The number of carbonyl (C=O) groups excluding carboxylic acids is 1. The van der Waals surface area contributed by atoms with Gasteiger partial charge in [-0.15, -0.1) is 0 Å². The fraction of sp³-hybridized carbons (Fsp3) is 0.438. The molecule has 0 unspecified atom stereocenters. The van der Waals surface area contributed by atoms with Crippen LogP contribution in [0.25, 0.3) is 10.9 Å². The lowest BCUT2D eigenvalue weighted by atomic mass is 10.1. The Hall–Kier alpha value is -1.56. The van der Waals surface area contributed by atoms with Crippen LogP contribution in [0.1, 0.15) is 16.1 Å². The van der Waals surface area contributed by atoms with Crippen molar-refractivity contribution in [2.45, 2.75) is 6.92 Å². The molecule has 1 aliphatic rings. The average molecular weight is 322 g/mol. The van der Waals surface area contributed by atoms with Crippen molar-refractivity contribution in [3.05, 3.63) is 34.5 Å². The van der Waals surface area contributed by atoms with Crippen molar-refractivity contribution in [1.29, 1.82) is 0 Å². The van der Waals surface area contributed by atoms with Crippen molar-refractivity contribution in [1.82, 2.24) is 15.2 Å². The van der Waals surface area contributed by atoms with Crippen molar-refractivity contribution in [3.8, 4) is 0 Å². The van der Waals surface area contributed by atoms with E-state index in [4.69, 9.17) is 16.3 Å². The highest BCUT2D eigenvalue weighted by Gasteiger charge is 2.15. The largest absolute Gasteiger partial charge is 0.379 e. The summed E-state index contributed by atoms with van der Waals surface area (Å²) in [5.41, 5.74) is 2.47. The fourth-order valence-corrected chi connectivity index (χ4v) is 2.94. The zero-order valence-corrected chi connectivity index (χ0v) is 13.4. The second kappa shape index (κ2) is 6.69. The van der Waals surface area contributed by atoms with Crippen molar-refractivity contribution in [2.24, 2.45) is 0 Å². The van der Waals surface area contributed by atoms with Gasteiger partial charge in [0.15, 0.2) is 0 Å². The lowest BCUT2D eigenvalue weighted by Gasteiger charge is -2.26. The van der Waals surface area contributed by atoms with Crippen molar-refractivity contribution in [3.63, 3.8) is 0 Å². The number of carbonyl (C=O) groups is 1. The standard InChI is InChI=1S/C16H20ClN3O2/c1-11-13-10-12(17)2-3-14(13)19-15(11)16(21)18-4-5-20-6-8-22-9-7-20/h2-3,10,19H,4-9H2,1H3,(H,18,21). The van der Waals surface area contributed by atoms with Gasteiger partial charge >= 0.3 is 0 Å². The van der Waals surface area contributed by atoms with E-state index in [0.717, 1.165) is 49.3 Å². The fourth-order valence-electron chi connectivity index (χ4n) is 2.77. The number of halogens is 1. The van der Waals surface area contributed by atoms with Gasteiger partial charge in [-0.1, -0.05) is 11.6 Å². The predicted molar refractivity (Wildman–Crippen MR) is 87.6 cm³/mol. The lowest BCUT2D eigenvalue weighted by molar-refractivity contribution is 0.0383. The van der Waals surface area contributed by atoms with Crippen LogP contribution in [0.5, 0.6) is 0 Å². The summed E-state index contributed by atoms with van der Waals surface area (Å²) in [5.74, 6) is -0.0712. The Morgan fingerprint density at radius 3 is 2.95 bits per heavy atom. The molecule has 0 spiro atoms. The molecule has 1 aromatic heterocycles. The van der Waals surface area contributed by atoms with Gasteiger partial charge in [-0.3, -0.25) is 9.69 Å². The number of nitrogens with zero attached hydrogens (tertiary/aromatic N) is 1. The van der Waals surface area contributed by atoms with E-state index in [0.29, 0.717) is 17.3 Å². The Balaban J connectivity index is 1.63. The molecule has 2 heterocycles. The number of hydrogen-bond donors (Lipinski definition) is 2. The van der Waals surface area contributed by atoms with Gasteiger partial charge < -0.3 is 15.0 Å². The van der Waals surface area contributed by atoms with E-state index < -0.39 is 0 Å². The monoisotopic (exact) mass is 321 g/mol. The Labute approximate surface area is 134 Å². The van der Waals surface area contributed by atoms with Gasteiger partial charge in [0.2, 0.25) is 0 Å². The van der Waals surface area contributed by atoms with E-state index in [-0.39, 0.29) is 5.91 Å². The average Bonchev–Trinajstić information content (AvgIpc) is 2.85. The number of H-pyrrole nitrogens is 1. The van der Waals surface area contributed by atoms with Crippen LogP contribution in [0.15, 0.2) is 18.2 Å². The van der Waals surface area contributed by atoms with E-state index in [2.05, 4.69) is 15.2 Å². The maximum atomic E-state index is 12.3. The van der Waals surface area contributed by atoms with Crippen LogP contribution >= 0.6 is 11.6 Å². The number of hydrogen-bond acceptors (Lipinski definition) is 3. The second-order valence-electron chi connectivity index (χ2n) is 5.52. The van der Waals surface area contributed by atoms with Crippen LogP contribution in [-0.2, 0) is 4.74 Å². The number of morpholine rings is 1. The maximum absolute atomic E-state index is 12.3. The first-order valence-electron chi connectivity index (χ1n) is 7.51. The van der Waals surface area contributed by atoms with Gasteiger partial charge in [-0.2, -0.15) is 0 Å². The van der Waals surface area contributed by atoms with Gasteiger partial charge in [-0.05, 0) is 30.7 Å². The number of nitrogens with one attached hydrogen (secondary N) is 2. The number of aromatic amines is 1. The molecule has 0 aliphatic carbocycles. The molecule has 0 saturated carbocycles. The molecule has 1 saturated heterocycles. The summed E-state index contributed by atoms with van der Waals surface area (Å²) in [5, 5.41) is 4.64. The smallest absolute Gasteiger partial charge is 0.268 e. The van der Waals surface area contributed by atoms with Crippen LogP contribution in [0, 0.1) is 6.92 Å². The summed E-state index contributed by atoms with van der Waals surface area (Å²) in [4.78, 5) is 17.8. The molecule has 3 rings (SSSR count). The zero-order valence-electron chi connectivity index (χ0n) is 12.6. The molecule has 1 aliphatic heterocycles. The van der Waals surface area contributed by atoms with Crippen molar-refractivity contribution in [2.75, 3.05) is 39.4 Å². The molecule has 0 bridgehead atoms. The Morgan fingerprint density at radius 2 is 2.18 bits per heavy atom. The minimum atomic E-state index is -0.0712. The normalized spacial score (nSPS) is 16.1. The summed E-state index contributed by atoms with van der Waals surface area (Å²) in [6, 6.07) is 5.60. The first kappa shape index (κ1) is 15.3. The summed E-state index contributed by atoms with van der Waals surface area (Å²) < 4.78 is 5.31. The molecule has 1 aromatic carbocycles. The Kier molecular flexibility index (Phi) is 4.66. The van der Waals surface area contributed by atoms with E-state index >= 15 is 0 Å². The highest BCUT2D eigenvalue weighted by Crippen LogP contribution is 2.24. The molecule has 118 valence electrons. The molecular weight excluding hydrogens is 302 g/mol. The first-order chi connectivity index (χ1) is 10.6. The molecule has 6 heteroatoms. The summed E-state index contributed by atoms with van der Waals surface area (Å²) in [6.07, 6.45) is 0. The van der Waals surface area contributed by atoms with E-state index in [1.807, 2.05) is 25.1 Å². The second-order valence-corrected chi connectivity index (χ2v) is 5.96. The topological polar surface area (TPSA) is 57.4 Å². The third kappa shape index (κ3) is 3.27. The highest BCUT2D eigenvalue weighted by atomic mass is 35.5. The molecule has 0 radical (unpaired) electrons. The van der Waals surface area contributed by atoms with Gasteiger partial charge in [0.1, 0.15) is 5.69 Å². The number of amides is 1. The third-order valence-corrected chi connectivity index (χ3v) is 4.30. The minimum absolute atomic E-state index is 0.0712. The number of aryl methyl sites for hydroxylation is 1. The van der Waals surface area contributed by atoms with Crippen LogP contribution in [0.3, 0.4) is 0 Å². The van der Waals surface area contributed by atoms with Crippen LogP contribution in [-0.4, -0.2) is 55.2 Å². The van der Waals surface area contributed by atoms with Gasteiger partial charge in [0, 0.05) is 42.1 Å².